The first-order chi connectivity index (χ1) is 7.49. The first kappa shape index (κ1) is 14.4. The monoisotopic (exact) mass is 232 g/mol. The molecule has 0 heterocycles. The Kier molecular flexibility index (Phi) is 6.86. The number of aliphatic carboxylic acids is 1. The maximum absolute atomic E-state index is 11.2. The molecule has 0 spiro atoms. The fourth-order valence-corrected chi connectivity index (χ4v) is 0.900. The standard InChI is InChI=1S/C9H16N2O5/c1-2-16-9(15)7(10)8(14)11-5-3-4-6(12)13/h7H,2-5,10H2,1H3,(H,11,14)(H,12,13). The second-order valence-corrected chi connectivity index (χ2v) is 3.02. The fourth-order valence-electron chi connectivity index (χ4n) is 0.900. The molecule has 1 unspecified atom stereocenters. The lowest BCUT2D eigenvalue weighted by Crippen LogP contribution is -2.47. The molecule has 0 aromatic carbocycles. The van der Waals surface area contributed by atoms with Gasteiger partial charge in [0.05, 0.1) is 6.61 Å². The van der Waals surface area contributed by atoms with E-state index in [4.69, 9.17) is 10.8 Å². The molecule has 7 nitrogen and oxygen atoms in total. The molecule has 16 heavy (non-hydrogen) atoms. The first-order valence-corrected chi connectivity index (χ1v) is 4.90. The Morgan fingerprint density at radius 1 is 1.44 bits per heavy atom. The van der Waals surface area contributed by atoms with Crippen molar-refractivity contribution in [3.63, 3.8) is 0 Å². The van der Waals surface area contributed by atoms with Crippen molar-refractivity contribution in [2.24, 2.45) is 5.73 Å². The predicted molar refractivity (Wildman–Crippen MR) is 54.5 cm³/mol. The number of hydrogen-bond acceptors (Lipinski definition) is 5. The van der Waals surface area contributed by atoms with Gasteiger partial charge in [-0.05, 0) is 13.3 Å². The van der Waals surface area contributed by atoms with Crippen LogP contribution in [0.3, 0.4) is 0 Å². The van der Waals surface area contributed by atoms with Crippen LogP contribution in [0.25, 0.3) is 0 Å². The molecule has 1 atom stereocenters. The van der Waals surface area contributed by atoms with Crippen LogP contribution in [-0.2, 0) is 19.1 Å². The smallest absolute Gasteiger partial charge is 0.332 e. The highest BCUT2D eigenvalue weighted by Gasteiger charge is 2.22. The van der Waals surface area contributed by atoms with Crippen molar-refractivity contribution in [2.75, 3.05) is 13.2 Å². The molecule has 0 aliphatic heterocycles. The van der Waals surface area contributed by atoms with Crippen LogP contribution < -0.4 is 11.1 Å². The first-order valence-electron chi connectivity index (χ1n) is 4.90. The van der Waals surface area contributed by atoms with E-state index in [1.54, 1.807) is 6.92 Å². The summed E-state index contributed by atoms with van der Waals surface area (Å²) in [5.41, 5.74) is 5.29. The van der Waals surface area contributed by atoms with Gasteiger partial charge in [0.15, 0.2) is 6.04 Å². The van der Waals surface area contributed by atoms with Gasteiger partial charge in [0.2, 0.25) is 5.91 Å². The van der Waals surface area contributed by atoms with E-state index >= 15 is 0 Å². The maximum Gasteiger partial charge on any atom is 0.332 e. The summed E-state index contributed by atoms with van der Waals surface area (Å²) < 4.78 is 4.55. The van der Waals surface area contributed by atoms with Gasteiger partial charge < -0.3 is 20.9 Å². The molecule has 4 N–H and O–H groups in total. The zero-order chi connectivity index (χ0) is 12.6. The summed E-state index contributed by atoms with van der Waals surface area (Å²) >= 11 is 0. The van der Waals surface area contributed by atoms with Gasteiger partial charge in [-0.2, -0.15) is 0 Å². The van der Waals surface area contributed by atoms with Crippen LogP contribution in [0.1, 0.15) is 19.8 Å². The van der Waals surface area contributed by atoms with Crippen LogP contribution in [-0.4, -0.2) is 42.1 Å². The molecule has 0 radical (unpaired) electrons. The number of esters is 1. The Labute approximate surface area is 92.9 Å². The van der Waals surface area contributed by atoms with Crippen LogP contribution in [0.2, 0.25) is 0 Å². The molecule has 0 aromatic heterocycles. The van der Waals surface area contributed by atoms with Gasteiger partial charge in [-0.1, -0.05) is 0 Å². The van der Waals surface area contributed by atoms with Crippen LogP contribution in [0, 0.1) is 0 Å². The number of amides is 1. The lowest BCUT2D eigenvalue weighted by atomic mass is 10.2. The Morgan fingerprint density at radius 3 is 2.56 bits per heavy atom. The van der Waals surface area contributed by atoms with Crippen molar-refractivity contribution < 1.29 is 24.2 Å². The third-order valence-corrected chi connectivity index (χ3v) is 1.69. The topological polar surface area (TPSA) is 119 Å². The number of carboxylic acid groups (broad SMARTS) is 1. The normalized spacial score (nSPS) is 11.6. The lowest BCUT2D eigenvalue weighted by Gasteiger charge is -2.10. The summed E-state index contributed by atoms with van der Waals surface area (Å²) in [7, 11) is 0. The van der Waals surface area contributed by atoms with Gasteiger partial charge in [-0.25, -0.2) is 4.79 Å². The van der Waals surface area contributed by atoms with E-state index in [1.165, 1.54) is 0 Å². The second-order valence-electron chi connectivity index (χ2n) is 3.02. The van der Waals surface area contributed by atoms with Crippen molar-refractivity contribution in [3.05, 3.63) is 0 Å². The predicted octanol–water partition coefficient (Wildman–Crippen LogP) is -1.14. The van der Waals surface area contributed by atoms with Crippen molar-refractivity contribution >= 4 is 17.8 Å². The van der Waals surface area contributed by atoms with Crippen molar-refractivity contribution in [1.82, 2.24) is 5.32 Å². The molecular weight excluding hydrogens is 216 g/mol. The Hall–Kier alpha value is -1.63. The quantitative estimate of drug-likeness (QED) is 0.290. The minimum atomic E-state index is -1.36. The third kappa shape index (κ3) is 5.97. The SMILES string of the molecule is CCOC(=O)C(N)C(=O)NCCCC(=O)O. The summed E-state index contributed by atoms with van der Waals surface area (Å²) in [4.78, 5) is 32.4. The van der Waals surface area contributed by atoms with E-state index in [1.807, 2.05) is 0 Å². The molecule has 92 valence electrons. The van der Waals surface area contributed by atoms with E-state index in [-0.39, 0.29) is 26.0 Å². The number of carboxylic acids is 1. The van der Waals surface area contributed by atoms with Gasteiger partial charge in [0.25, 0.3) is 0 Å². The molecule has 1 amide bonds. The molecule has 7 heteroatoms. The number of carbonyl (C=O) groups is 3. The Morgan fingerprint density at radius 2 is 2.06 bits per heavy atom. The van der Waals surface area contributed by atoms with Gasteiger partial charge in [0, 0.05) is 13.0 Å². The fraction of sp³-hybridized carbons (Fsp3) is 0.667. The minimum Gasteiger partial charge on any atom is -0.481 e. The highest BCUT2D eigenvalue weighted by Crippen LogP contribution is 1.89. The second kappa shape index (κ2) is 7.63. The van der Waals surface area contributed by atoms with Gasteiger partial charge in [-0.15, -0.1) is 0 Å². The van der Waals surface area contributed by atoms with E-state index < -0.39 is 23.9 Å². The van der Waals surface area contributed by atoms with Crippen molar-refractivity contribution in [3.8, 4) is 0 Å². The van der Waals surface area contributed by atoms with Gasteiger partial charge >= 0.3 is 11.9 Å². The molecule has 0 saturated heterocycles. The lowest BCUT2D eigenvalue weighted by molar-refractivity contribution is -0.148. The molecule has 0 rings (SSSR count). The van der Waals surface area contributed by atoms with Crippen molar-refractivity contribution in [2.45, 2.75) is 25.8 Å². The number of nitrogens with one attached hydrogen (secondary N) is 1. The van der Waals surface area contributed by atoms with Crippen LogP contribution in [0.5, 0.6) is 0 Å². The zero-order valence-electron chi connectivity index (χ0n) is 9.06. The minimum absolute atomic E-state index is 0.0467. The van der Waals surface area contributed by atoms with E-state index in [0.717, 1.165) is 0 Å². The molecule has 0 aromatic rings. The number of carbonyl (C=O) groups excluding carboxylic acids is 2. The Bertz CT molecular complexity index is 267. The zero-order valence-corrected chi connectivity index (χ0v) is 9.06. The average molecular weight is 232 g/mol. The van der Waals surface area contributed by atoms with Crippen LogP contribution in [0.4, 0.5) is 0 Å². The molecule has 0 aliphatic rings. The summed E-state index contributed by atoms with van der Waals surface area (Å²) in [5, 5.41) is 10.7. The summed E-state index contributed by atoms with van der Waals surface area (Å²) in [6.07, 6.45) is 0.242. The molecule has 0 saturated carbocycles. The average Bonchev–Trinajstić information content (AvgIpc) is 2.23. The Balaban J connectivity index is 3.79. The molecule has 0 aliphatic carbocycles. The molecule has 0 bridgehead atoms. The van der Waals surface area contributed by atoms with Crippen molar-refractivity contribution in [1.29, 1.82) is 0 Å². The summed E-state index contributed by atoms with van der Waals surface area (Å²) in [6, 6.07) is -1.36. The highest BCUT2D eigenvalue weighted by atomic mass is 16.5. The third-order valence-electron chi connectivity index (χ3n) is 1.69. The number of nitrogens with two attached hydrogens (primary N) is 1. The van der Waals surface area contributed by atoms with E-state index in [9.17, 15) is 14.4 Å². The highest BCUT2D eigenvalue weighted by molar-refractivity contribution is 6.01. The van der Waals surface area contributed by atoms with E-state index in [0.29, 0.717) is 0 Å². The van der Waals surface area contributed by atoms with E-state index in [2.05, 4.69) is 10.1 Å². The largest absolute Gasteiger partial charge is 0.481 e. The van der Waals surface area contributed by atoms with Crippen LogP contribution >= 0.6 is 0 Å². The number of rotatable bonds is 7. The summed E-state index contributed by atoms with van der Waals surface area (Å²) in [6.45, 7) is 1.92. The van der Waals surface area contributed by atoms with Crippen LogP contribution in [0.15, 0.2) is 0 Å². The number of ether oxygens (including phenoxy) is 1. The molecule has 0 fully saturated rings. The summed E-state index contributed by atoms with van der Waals surface area (Å²) in [5.74, 6) is -2.40. The van der Waals surface area contributed by atoms with Gasteiger partial charge in [-0.3, -0.25) is 9.59 Å². The van der Waals surface area contributed by atoms with Gasteiger partial charge in [0.1, 0.15) is 0 Å². The molecular formula is C9H16N2O5. The maximum atomic E-state index is 11.2. The number of hydrogen-bond donors (Lipinski definition) is 3.